The molecule has 0 saturated carbocycles. The largest absolute Gasteiger partial charge is 0.398 e. The number of nitrogens with one attached hydrogen (secondary N) is 1. The van der Waals surface area contributed by atoms with Crippen molar-refractivity contribution in [3.63, 3.8) is 0 Å². The van der Waals surface area contributed by atoms with Crippen molar-refractivity contribution >= 4 is 29.1 Å². The summed E-state index contributed by atoms with van der Waals surface area (Å²) in [6.45, 7) is 2.75. The first-order chi connectivity index (χ1) is 9.39. The van der Waals surface area contributed by atoms with Crippen molar-refractivity contribution in [1.29, 1.82) is 0 Å². The molecule has 6 heteroatoms. The molecule has 3 N–H and O–H groups in total. The third-order valence-electron chi connectivity index (χ3n) is 3.80. The molecule has 108 valence electrons. The summed E-state index contributed by atoms with van der Waals surface area (Å²) < 4.78 is 0. The van der Waals surface area contributed by atoms with E-state index in [9.17, 15) is 9.59 Å². The van der Waals surface area contributed by atoms with Crippen molar-refractivity contribution in [2.24, 2.45) is 5.41 Å². The van der Waals surface area contributed by atoms with Gasteiger partial charge in [0, 0.05) is 25.8 Å². The van der Waals surface area contributed by atoms with E-state index >= 15 is 0 Å². The average Bonchev–Trinajstić information content (AvgIpc) is 2.81. The summed E-state index contributed by atoms with van der Waals surface area (Å²) in [5, 5.41) is 2.98. The molecule has 2 amide bonds. The first kappa shape index (κ1) is 14.7. The molecule has 1 aliphatic heterocycles. The van der Waals surface area contributed by atoms with Crippen molar-refractivity contribution in [3.8, 4) is 0 Å². The summed E-state index contributed by atoms with van der Waals surface area (Å²) in [5.41, 5.74) is 5.95. The predicted octanol–water partition coefficient (Wildman–Crippen LogP) is 1.52. The van der Waals surface area contributed by atoms with Gasteiger partial charge >= 0.3 is 0 Å². The fourth-order valence-corrected chi connectivity index (χ4v) is 2.81. The summed E-state index contributed by atoms with van der Waals surface area (Å²) in [7, 11) is 1.60. The molecule has 5 nitrogen and oxygen atoms in total. The first-order valence-corrected chi connectivity index (χ1v) is 6.82. The Hall–Kier alpha value is -1.75. The van der Waals surface area contributed by atoms with Gasteiger partial charge in [-0.2, -0.15) is 0 Å². The molecule has 1 heterocycles. The zero-order valence-corrected chi connectivity index (χ0v) is 12.3. The van der Waals surface area contributed by atoms with E-state index in [4.69, 9.17) is 17.3 Å². The molecule has 2 rings (SSSR count). The topological polar surface area (TPSA) is 75.4 Å². The summed E-state index contributed by atoms with van der Waals surface area (Å²) in [6.07, 6.45) is 0.628. The van der Waals surface area contributed by atoms with E-state index in [0.717, 1.165) is 0 Å². The zero-order valence-electron chi connectivity index (χ0n) is 11.6. The quantitative estimate of drug-likeness (QED) is 0.812. The molecule has 1 atom stereocenters. The molecule has 0 bridgehead atoms. The van der Waals surface area contributed by atoms with Crippen LogP contribution in [0.4, 0.5) is 5.69 Å². The molecule has 0 aliphatic carbocycles. The maximum Gasteiger partial charge on any atom is 0.257 e. The van der Waals surface area contributed by atoms with Gasteiger partial charge in [-0.3, -0.25) is 9.59 Å². The summed E-state index contributed by atoms with van der Waals surface area (Å²) in [5.74, 6) is -0.277. The number of hydrogen-bond acceptors (Lipinski definition) is 3. The fourth-order valence-electron chi connectivity index (χ4n) is 2.55. The number of hydrogen-bond donors (Lipinski definition) is 2. The highest BCUT2D eigenvalue weighted by atomic mass is 35.5. The molecular weight excluding hydrogens is 278 g/mol. The van der Waals surface area contributed by atoms with Crippen LogP contribution in [0.2, 0.25) is 5.02 Å². The number of nitrogens with zero attached hydrogens (tertiary/aromatic N) is 1. The maximum atomic E-state index is 12.5. The molecule has 1 aliphatic rings. The lowest BCUT2D eigenvalue weighted by molar-refractivity contribution is -0.128. The second-order valence-electron chi connectivity index (χ2n) is 5.32. The lowest BCUT2D eigenvalue weighted by Gasteiger charge is -2.23. The van der Waals surface area contributed by atoms with E-state index in [1.165, 1.54) is 0 Å². The molecule has 1 unspecified atom stereocenters. The van der Waals surface area contributed by atoms with E-state index < -0.39 is 5.41 Å². The number of nitrogens with two attached hydrogens (primary N) is 1. The van der Waals surface area contributed by atoms with Crippen molar-refractivity contribution in [2.75, 3.05) is 25.9 Å². The molecule has 0 aromatic heterocycles. The minimum atomic E-state index is -0.555. The summed E-state index contributed by atoms with van der Waals surface area (Å²) >= 11 is 6.06. The Morgan fingerprint density at radius 2 is 2.15 bits per heavy atom. The van der Waals surface area contributed by atoms with Crippen LogP contribution >= 0.6 is 11.6 Å². The van der Waals surface area contributed by atoms with Crippen LogP contribution in [-0.4, -0.2) is 36.9 Å². The van der Waals surface area contributed by atoms with Gasteiger partial charge in [-0.15, -0.1) is 0 Å². The first-order valence-electron chi connectivity index (χ1n) is 6.44. The molecule has 1 fully saturated rings. The number of amides is 2. The smallest absolute Gasteiger partial charge is 0.257 e. The zero-order chi connectivity index (χ0) is 14.9. The van der Waals surface area contributed by atoms with Crippen LogP contribution in [0.15, 0.2) is 18.2 Å². The normalized spacial score (nSPS) is 21.9. The molecule has 0 spiro atoms. The highest BCUT2D eigenvalue weighted by Crippen LogP contribution is 2.33. The average molecular weight is 296 g/mol. The van der Waals surface area contributed by atoms with E-state index in [1.807, 2.05) is 6.92 Å². The van der Waals surface area contributed by atoms with Crippen molar-refractivity contribution < 1.29 is 9.59 Å². The Morgan fingerprint density at radius 1 is 1.45 bits per heavy atom. The number of benzene rings is 1. The number of halogens is 1. The van der Waals surface area contributed by atoms with E-state index in [-0.39, 0.29) is 11.8 Å². The van der Waals surface area contributed by atoms with Crippen LogP contribution in [0.3, 0.4) is 0 Å². The molecule has 1 saturated heterocycles. The second kappa shape index (κ2) is 5.32. The van der Waals surface area contributed by atoms with Gasteiger partial charge in [-0.05, 0) is 25.5 Å². The molecule has 1 aromatic carbocycles. The lowest BCUT2D eigenvalue weighted by Crippen LogP contribution is -2.40. The third-order valence-corrected chi connectivity index (χ3v) is 4.11. The Morgan fingerprint density at radius 3 is 2.75 bits per heavy atom. The van der Waals surface area contributed by atoms with Gasteiger partial charge in [0.25, 0.3) is 5.91 Å². The maximum absolute atomic E-state index is 12.5. The Balaban J connectivity index is 2.23. The number of anilines is 1. The summed E-state index contributed by atoms with van der Waals surface area (Å²) in [6, 6.07) is 4.99. The Bertz CT molecular complexity index is 541. The number of likely N-dealkylation sites (tertiary alicyclic amines) is 1. The standard InChI is InChI=1S/C14H18ClN3O2/c1-14(13(20)17-2)6-7-18(8-14)12(19)11-9(15)4-3-5-10(11)16/h3-5H,6-8,16H2,1-2H3,(H,17,20). The second-order valence-corrected chi connectivity index (χ2v) is 5.73. The van der Waals surface area contributed by atoms with E-state index in [0.29, 0.717) is 35.8 Å². The van der Waals surface area contributed by atoms with Crippen LogP contribution in [0.1, 0.15) is 23.7 Å². The highest BCUT2D eigenvalue weighted by Gasteiger charge is 2.42. The Labute approximate surface area is 123 Å². The minimum Gasteiger partial charge on any atom is -0.398 e. The van der Waals surface area contributed by atoms with Gasteiger partial charge in [-0.25, -0.2) is 0 Å². The lowest BCUT2D eigenvalue weighted by atomic mass is 9.89. The van der Waals surface area contributed by atoms with Crippen LogP contribution in [-0.2, 0) is 4.79 Å². The Kier molecular flexibility index (Phi) is 3.90. The highest BCUT2D eigenvalue weighted by molar-refractivity contribution is 6.34. The van der Waals surface area contributed by atoms with Crippen LogP contribution in [0.25, 0.3) is 0 Å². The van der Waals surface area contributed by atoms with E-state index in [1.54, 1.807) is 30.1 Å². The van der Waals surface area contributed by atoms with Gasteiger partial charge in [0.05, 0.1) is 16.0 Å². The van der Waals surface area contributed by atoms with Crippen LogP contribution < -0.4 is 11.1 Å². The van der Waals surface area contributed by atoms with Crippen molar-refractivity contribution in [3.05, 3.63) is 28.8 Å². The number of carbonyl (C=O) groups is 2. The van der Waals surface area contributed by atoms with E-state index in [2.05, 4.69) is 5.32 Å². The van der Waals surface area contributed by atoms with Gasteiger partial charge in [0.1, 0.15) is 0 Å². The number of carbonyl (C=O) groups excluding carboxylic acids is 2. The van der Waals surface area contributed by atoms with Crippen LogP contribution in [0.5, 0.6) is 0 Å². The van der Waals surface area contributed by atoms with Gasteiger partial charge in [-0.1, -0.05) is 17.7 Å². The van der Waals surface area contributed by atoms with Gasteiger partial charge in [0.15, 0.2) is 0 Å². The molecule has 1 aromatic rings. The third kappa shape index (κ3) is 2.45. The minimum absolute atomic E-state index is 0.0556. The fraction of sp³-hybridized carbons (Fsp3) is 0.429. The summed E-state index contributed by atoms with van der Waals surface area (Å²) in [4.78, 5) is 26.0. The molecule has 20 heavy (non-hydrogen) atoms. The number of rotatable bonds is 2. The van der Waals surface area contributed by atoms with Gasteiger partial charge in [0.2, 0.25) is 5.91 Å². The molecule has 0 radical (unpaired) electrons. The number of nitrogen functional groups attached to an aromatic ring is 1. The van der Waals surface area contributed by atoms with Crippen molar-refractivity contribution in [2.45, 2.75) is 13.3 Å². The predicted molar refractivity (Wildman–Crippen MR) is 78.6 cm³/mol. The SMILES string of the molecule is CNC(=O)C1(C)CCN(C(=O)c2c(N)cccc2Cl)C1. The van der Waals surface area contributed by atoms with Crippen molar-refractivity contribution in [1.82, 2.24) is 10.2 Å². The monoisotopic (exact) mass is 295 g/mol. The van der Waals surface area contributed by atoms with Crippen LogP contribution in [0, 0.1) is 5.41 Å². The molecular formula is C14H18ClN3O2. The van der Waals surface area contributed by atoms with Gasteiger partial charge < -0.3 is 16.0 Å².